The first kappa shape index (κ1) is 14.8. The quantitative estimate of drug-likeness (QED) is 0.822. The van der Waals surface area contributed by atoms with Crippen molar-refractivity contribution in [1.29, 1.82) is 0 Å². The molecule has 0 aliphatic heterocycles. The Morgan fingerprint density at radius 3 is 2.17 bits per heavy atom. The van der Waals surface area contributed by atoms with Crippen LogP contribution in [0.4, 0.5) is 26.3 Å². The third-order valence-electron chi connectivity index (χ3n) is 2.30. The number of hydrogen-bond acceptors (Lipinski definition) is 1. The smallest absolute Gasteiger partial charge is 0.388 e. The van der Waals surface area contributed by atoms with Gasteiger partial charge >= 0.3 is 12.4 Å². The van der Waals surface area contributed by atoms with Gasteiger partial charge in [-0.2, -0.15) is 26.3 Å². The van der Waals surface area contributed by atoms with Gasteiger partial charge in [-0.05, 0) is 24.1 Å². The van der Waals surface area contributed by atoms with Crippen LogP contribution in [0, 0.1) is 0 Å². The lowest BCUT2D eigenvalue weighted by molar-refractivity contribution is -0.141. The zero-order chi connectivity index (χ0) is 14.0. The van der Waals surface area contributed by atoms with Crippen LogP contribution in [0.5, 0.6) is 0 Å². The van der Waals surface area contributed by atoms with Crippen molar-refractivity contribution < 1.29 is 31.4 Å². The minimum Gasteiger partial charge on any atom is -0.388 e. The van der Waals surface area contributed by atoms with Crippen LogP contribution in [0.25, 0.3) is 0 Å². The molecule has 1 aromatic rings. The van der Waals surface area contributed by atoms with Gasteiger partial charge in [-0.25, -0.2) is 0 Å². The maximum absolute atomic E-state index is 12.3. The highest BCUT2D eigenvalue weighted by Gasteiger charge is 2.32. The summed E-state index contributed by atoms with van der Waals surface area (Å²) >= 11 is 0. The van der Waals surface area contributed by atoms with E-state index >= 15 is 0 Å². The van der Waals surface area contributed by atoms with Gasteiger partial charge in [-0.3, -0.25) is 0 Å². The van der Waals surface area contributed by atoms with Gasteiger partial charge in [0.15, 0.2) is 0 Å². The van der Waals surface area contributed by atoms with Gasteiger partial charge in [-0.1, -0.05) is 12.1 Å². The number of hydrogen-bond donors (Lipinski definition) is 1. The topological polar surface area (TPSA) is 20.2 Å². The number of alkyl halides is 6. The normalized spacial score (nSPS) is 14.6. The van der Waals surface area contributed by atoms with Crippen LogP contribution in [0.1, 0.15) is 30.1 Å². The molecule has 0 amide bonds. The second kappa shape index (κ2) is 5.17. The summed E-state index contributed by atoms with van der Waals surface area (Å²) < 4.78 is 72.8. The van der Waals surface area contributed by atoms with E-state index in [1.165, 1.54) is 0 Å². The molecule has 1 N–H and O–H groups in total. The fourth-order valence-corrected chi connectivity index (χ4v) is 1.39. The summed E-state index contributed by atoms with van der Waals surface area (Å²) in [5, 5.41) is 9.41. The van der Waals surface area contributed by atoms with Crippen LogP contribution >= 0.6 is 0 Å². The van der Waals surface area contributed by atoms with E-state index in [0.717, 1.165) is 18.2 Å². The fourth-order valence-electron chi connectivity index (χ4n) is 1.39. The number of benzene rings is 1. The zero-order valence-corrected chi connectivity index (χ0v) is 9.02. The molecule has 7 heteroatoms. The lowest BCUT2D eigenvalue weighted by Crippen LogP contribution is -2.11. The molecule has 102 valence electrons. The van der Waals surface area contributed by atoms with Gasteiger partial charge in [0.05, 0.1) is 11.7 Å². The molecule has 0 bridgehead atoms. The summed E-state index contributed by atoms with van der Waals surface area (Å²) in [7, 11) is 0. The van der Waals surface area contributed by atoms with Crippen molar-refractivity contribution in [2.45, 2.75) is 31.3 Å². The summed E-state index contributed by atoms with van der Waals surface area (Å²) in [6.07, 6.45) is -12.5. The predicted molar refractivity (Wildman–Crippen MR) is 51.7 cm³/mol. The van der Waals surface area contributed by atoms with Gasteiger partial charge in [0.2, 0.25) is 0 Å². The van der Waals surface area contributed by atoms with Crippen molar-refractivity contribution in [3.8, 4) is 0 Å². The summed E-state index contributed by atoms with van der Waals surface area (Å²) in [4.78, 5) is 0. The lowest BCUT2D eigenvalue weighted by Gasteiger charge is -2.14. The van der Waals surface area contributed by atoms with Crippen molar-refractivity contribution in [2.75, 3.05) is 0 Å². The molecule has 0 saturated carbocycles. The number of halogens is 6. The summed E-state index contributed by atoms with van der Waals surface area (Å²) in [5.41, 5.74) is -1.17. The van der Waals surface area contributed by atoms with E-state index in [4.69, 9.17) is 0 Å². The molecule has 1 aromatic carbocycles. The van der Waals surface area contributed by atoms with Gasteiger partial charge in [0, 0.05) is 6.42 Å². The van der Waals surface area contributed by atoms with E-state index in [0.29, 0.717) is 6.07 Å². The Hall–Kier alpha value is -1.24. The number of rotatable bonds is 3. The van der Waals surface area contributed by atoms with Crippen molar-refractivity contribution in [2.24, 2.45) is 0 Å². The van der Waals surface area contributed by atoms with Gasteiger partial charge < -0.3 is 5.11 Å². The first-order valence-corrected chi connectivity index (χ1v) is 5.01. The Balaban J connectivity index is 2.78. The third kappa shape index (κ3) is 4.56. The molecule has 0 radical (unpaired) electrons. The minimum atomic E-state index is -4.58. The van der Waals surface area contributed by atoms with Gasteiger partial charge in [0.25, 0.3) is 0 Å². The maximum atomic E-state index is 12.3. The highest BCUT2D eigenvalue weighted by molar-refractivity contribution is 5.27. The van der Waals surface area contributed by atoms with Gasteiger partial charge in [-0.15, -0.1) is 0 Å². The summed E-state index contributed by atoms with van der Waals surface area (Å²) in [6, 6.07) is 3.66. The highest BCUT2D eigenvalue weighted by Crippen LogP contribution is 2.32. The molecule has 0 aliphatic rings. The fraction of sp³-hybridized carbons (Fsp3) is 0.455. The second-order valence-corrected chi connectivity index (χ2v) is 3.79. The van der Waals surface area contributed by atoms with Crippen LogP contribution < -0.4 is 0 Å². The molecule has 0 fully saturated rings. The molecule has 18 heavy (non-hydrogen) atoms. The molecule has 1 rings (SSSR count). The van der Waals surface area contributed by atoms with E-state index in [-0.39, 0.29) is 5.56 Å². The van der Waals surface area contributed by atoms with Crippen LogP contribution in [0.2, 0.25) is 0 Å². The maximum Gasteiger partial charge on any atom is 0.416 e. The molecule has 0 saturated heterocycles. The minimum absolute atomic E-state index is 0.172. The Kier molecular flexibility index (Phi) is 4.26. The molecule has 1 atom stereocenters. The zero-order valence-electron chi connectivity index (χ0n) is 9.02. The SMILES string of the molecule is OC(CCC(F)(F)F)c1cccc(C(F)(F)F)c1. The number of aliphatic hydroxyl groups is 1. The van der Waals surface area contributed by atoms with Crippen LogP contribution in [0.3, 0.4) is 0 Å². The monoisotopic (exact) mass is 272 g/mol. The highest BCUT2D eigenvalue weighted by atomic mass is 19.4. The summed E-state index contributed by atoms with van der Waals surface area (Å²) in [5.74, 6) is 0. The Morgan fingerprint density at radius 1 is 1.06 bits per heavy atom. The molecule has 0 spiro atoms. The molecule has 0 aliphatic carbocycles. The largest absolute Gasteiger partial charge is 0.416 e. The van der Waals surface area contributed by atoms with Crippen molar-refractivity contribution in [3.05, 3.63) is 35.4 Å². The third-order valence-corrected chi connectivity index (χ3v) is 2.30. The van der Waals surface area contributed by atoms with E-state index < -0.39 is 36.9 Å². The molecular weight excluding hydrogens is 262 g/mol. The van der Waals surface area contributed by atoms with E-state index in [9.17, 15) is 31.4 Å². The standard InChI is InChI=1S/C11H10F6O/c12-10(13,14)5-4-9(18)7-2-1-3-8(6-7)11(15,16)17/h1-3,6,9,18H,4-5H2. The second-order valence-electron chi connectivity index (χ2n) is 3.79. The molecular formula is C11H10F6O. The predicted octanol–water partition coefficient (Wildman–Crippen LogP) is 4.08. The first-order chi connectivity index (χ1) is 8.09. The van der Waals surface area contributed by atoms with Crippen LogP contribution in [-0.4, -0.2) is 11.3 Å². The average Bonchev–Trinajstić information content (AvgIpc) is 2.24. The van der Waals surface area contributed by atoms with E-state index in [2.05, 4.69) is 0 Å². The lowest BCUT2D eigenvalue weighted by atomic mass is 10.0. The van der Waals surface area contributed by atoms with Crippen molar-refractivity contribution in [1.82, 2.24) is 0 Å². The van der Waals surface area contributed by atoms with Crippen LogP contribution in [0.15, 0.2) is 24.3 Å². The number of aliphatic hydroxyl groups excluding tert-OH is 1. The molecule has 0 heterocycles. The van der Waals surface area contributed by atoms with Crippen molar-refractivity contribution >= 4 is 0 Å². The van der Waals surface area contributed by atoms with Crippen molar-refractivity contribution in [3.63, 3.8) is 0 Å². The summed E-state index contributed by atoms with van der Waals surface area (Å²) in [6.45, 7) is 0. The van der Waals surface area contributed by atoms with E-state index in [1.807, 2.05) is 0 Å². The average molecular weight is 272 g/mol. The van der Waals surface area contributed by atoms with E-state index in [1.54, 1.807) is 0 Å². The van der Waals surface area contributed by atoms with Crippen LogP contribution in [-0.2, 0) is 6.18 Å². The van der Waals surface area contributed by atoms with Gasteiger partial charge in [0.1, 0.15) is 0 Å². The Bertz CT molecular complexity index is 395. The Morgan fingerprint density at radius 2 is 1.67 bits per heavy atom. The molecule has 1 unspecified atom stereocenters. The Labute approximate surface area is 99.0 Å². The molecule has 0 aromatic heterocycles. The first-order valence-electron chi connectivity index (χ1n) is 5.01. The molecule has 1 nitrogen and oxygen atoms in total.